The molecule has 1 aromatic carbocycles. The van der Waals surface area contributed by atoms with Crippen molar-refractivity contribution in [3.8, 4) is 5.75 Å². The monoisotopic (exact) mass is 560 g/mol. The number of methoxy groups -OCH3 is 1. The molecule has 39 heavy (non-hydrogen) atoms. The van der Waals surface area contributed by atoms with Gasteiger partial charge in [-0.25, -0.2) is 14.4 Å². The Hall–Kier alpha value is -2.86. The van der Waals surface area contributed by atoms with E-state index in [1.54, 1.807) is 13.2 Å². The van der Waals surface area contributed by atoms with E-state index in [1.807, 2.05) is 20.8 Å². The zero-order valence-corrected chi connectivity index (χ0v) is 23.7. The first-order valence-electron chi connectivity index (χ1n) is 13.4. The second-order valence-electron chi connectivity index (χ2n) is 9.36. The molecule has 0 spiro atoms. The molecule has 9 nitrogen and oxygen atoms in total. The fourth-order valence-corrected chi connectivity index (χ4v) is 5.81. The molecule has 3 aromatic rings. The number of hydrogen-bond acceptors (Lipinski definition) is 9. The van der Waals surface area contributed by atoms with Crippen molar-refractivity contribution in [2.24, 2.45) is 0 Å². The number of benzene rings is 1. The van der Waals surface area contributed by atoms with Crippen molar-refractivity contribution in [2.45, 2.75) is 71.4 Å². The number of aromatic nitrogens is 2. The van der Waals surface area contributed by atoms with Crippen LogP contribution in [0.3, 0.4) is 0 Å². The third-order valence-corrected chi connectivity index (χ3v) is 7.95. The number of amides is 1. The summed E-state index contributed by atoms with van der Waals surface area (Å²) in [7, 11) is 1.73. The van der Waals surface area contributed by atoms with E-state index in [9.17, 15) is 9.18 Å². The number of fused-ring (bicyclic) bond motifs is 1. The highest BCUT2D eigenvalue weighted by atomic mass is 32.1. The van der Waals surface area contributed by atoms with Crippen LogP contribution in [0.25, 0.3) is 10.2 Å². The second kappa shape index (κ2) is 14.0. The Labute approximate surface area is 232 Å². The normalized spacial score (nSPS) is 17.5. The Kier molecular flexibility index (Phi) is 10.4. The minimum atomic E-state index is -0.379. The molecule has 212 valence electrons. The third kappa shape index (κ3) is 7.42. The highest BCUT2D eigenvalue weighted by Gasteiger charge is 2.24. The molecule has 2 heterocycles. The van der Waals surface area contributed by atoms with Crippen molar-refractivity contribution in [3.05, 3.63) is 40.8 Å². The van der Waals surface area contributed by atoms with Crippen LogP contribution in [0.15, 0.2) is 24.5 Å². The van der Waals surface area contributed by atoms with Gasteiger partial charge in [0.15, 0.2) is 6.29 Å². The first-order valence-corrected chi connectivity index (χ1v) is 14.3. The predicted molar refractivity (Wildman–Crippen MR) is 150 cm³/mol. The molecule has 2 aromatic heterocycles. The first kappa shape index (κ1) is 29.1. The van der Waals surface area contributed by atoms with E-state index in [2.05, 4.69) is 20.6 Å². The number of anilines is 2. The van der Waals surface area contributed by atoms with Crippen molar-refractivity contribution in [2.75, 3.05) is 32.2 Å². The Balaban J connectivity index is 1.50. The van der Waals surface area contributed by atoms with Gasteiger partial charge in [0.25, 0.3) is 5.91 Å². The molecule has 0 radical (unpaired) electrons. The maximum atomic E-state index is 14.2. The maximum absolute atomic E-state index is 14.2. The van der Waals surface area contributed by atoms with Crippen molar-refractivity contribution < 1.29 is 28.1 Å². The number of thiophene rings is 1. The van der Waals surface area contributed by atoms with Gasteiger partial charge in [-0.05, 0) is 64.2 Å². The van der Waals surface area contributed by atoms with Gasteiger partial charge >= 0.3 is 0 Å². The molecule has 0 unspecified atom stereocenters. The molecular weight excluding hydrogens is 523 g/mol. The summed E-state index contributed by atoms with van der Waals surface area (Å²) in [5.41, 5.74) is 1.36. The van der Waals surface area contributed by atoms with E-state index >= 15 is 0 Å². The van der Waals surface area contributed by atoms with Crippen LogP contribution in [0.4, 0.5) is 15.9 Å². The van der Waals surface area contributed by atoms with Crippen LogP contribution in [0.2, 0.25) is 0 Å². The molecule has 1 aliphatic carbocycles. The van der Waals surface area contributed by atoms with Crippen molar-refractivity contribution >= 4 is 39.0 Å². The summed E-state index contributed by atoms with van der Waals surface area (Å²) in [6.07, 6.45) is 5.35. The first-order chi connectivity index (χ1) is 18.9. The number of ether oxygens (including phenoxy) is 4. The Morgan fingerprint density at radius 2 is 1.85 bits per heavy atom. The van der Waals surface area contributed by atoms with Crippen molar-refractivity contribution in [3.63, 3.8) is 0 Å². The lowest BCUT2D eigenvalue weighted by atomic mass is 9.95. The zero-order valence-electron chi connectivity index (χ0n) is 22.9. The predicted octanol–water partition coefficient (Wildman–Crippen LogP) is 5.74. The highest BCUT2D eigenvalue weighted by Crippen LogP contribution is 2.37. The van der Waals surface area contributed by atoms with E-state index < -0.39 is 0 Å². The fourth-order valence-electron chi connectivity index (χ4n) is 4.74. The van der Waals surface area contributed by atoms with Crippen molar-refractivity contribution in [1.82, 2.24) is 15.3 Å². The summed E-state index contributed by atoms with van der Waals surface area (Å²) >= 11 is 1.30. The smallest absolute Gasteiger partial charge is 0.261 e. The van der Waals surface area contributed by atoms with E-state index in [4.69, 9.17) is 18.9 Å². The maximum Gasteiger partial charge on any atom is 0.261 e. The second-order valence-corrected chi connectivity index (χ2v) is 10.4. The molecule has 0 saturated heterocycles. The Bertz CT molecular complexity index is 1240. The molecule has 1 amide bonds. The van der Waals surface area contributed by atoms with Gasteiger partial charge in [0.1, 0.15) is 28.5 Å². The van der Waals surface area contributed by atoms with Crippen LogP contribution >= 0.6 is 11.3 Å². The Morgan fingerprint density at radius 3 is 2.54 bits per heavy atom. The Morgan fingerprint density at radius 1 is 1.13 bits per heavy atom. The number of nitrogens with one attached hydrogen (secondary N) is 2. The van der Waals surface area contributed by atoms with Crippen LogP contribution in [0.1, 0.15) is 61.2 Å². The third-order valence-electron chi connectivity index (χ3n) is 6.75. The highest BCUT2D eigenvalue weighted by molar-refractivity contribution is 7.20. The SMILES string of the molecule is CCOC(CCNC(=O)c1sc2ncnc(Nc3ccc(F)cc3OC3CCC(OC)CC3)c2c1C)OCC. The van der Waals surface area contributed by atoms with Gasteiger partial charge in [0, 0.05) is 39.4 Å². The summed E-state index contributed by atoms with van der Waals surface area (Å²) < 4.78 is 37.0. The summed E-state index contributed by atoms with van der Waals surface area (Å²) in [6.45, 7) is 7.19. The fraction of sp³-hybridized carbons (Fsp3) is 0.536. The number of carbonyl (C=O) groups is 1. The zero-order chi connectivity index (χ0) is 27.8. The van der Waals surface area contributed by atoms with Gasteiger partial charge in [0.2, 0.25) is 0 Å². The standard InChI is InChI=1S/C28H37FN4O5S/c1-5-36-23(37-6-2)13-14-30-27(34)25-17(3)24-26(31-16-32-28(24)39-25)33-21-12-7-18(29)15-22(21)38-20-10-8-19(35-4)9-11-20/h7,12,15-16,19-20,23H,5-6,8-11,13-14H2,1-4H3,(H,30,34)(H,31,32,33). The molecule has 1 aliphatic rings. The van der Waals surface area contributed by atoms with Crippen molar-refractivity contribution in [1.29, 1.82) is 0 Å². The molecule has 0 atom stereocenters. The number of hydrogen-bond donors (Lipinski definition) is 2. The average molecular weight is 561 g/mol. The van der Waals surface area contributed by atoms with E-state index in [-0.39, 0.29) is 30.2 Å². The number of aryl methyl sites for hydroxylation is 1. The number of nitrogens with zero attached hydrogens (tertiary/aromatic N) is 2. The lowest BCUT2D eigenvalue weighted by Crippen LogP contribution is -2.29. The molecule has 1 saturated carbocycles. The molecule has 4 rings (SSSR count). The van der Waals surface area contributed by atoms with Crippen LogP contribution in [-0.4, -0.2) is 61.2 Å². The van der Waals surface area contributed by atoms with E-state index in [0.29, 0.717) is 53.1 Å². The number of rotatable bonds is 13. The van der Waals surface area contributed by atoms with Gasteiger partial charge < -0.3 is 29.6 Å². The lowest BCUT2D eigenvalue weighted by Gasteiger charge is -2.28. The molecule has 0 aliphatic heterocycles. The molecular formula is C28H37FN4O5S. The topological polar surface area (TPSA) is 104 Å². The van der Waals surface area contributed by atoms with Crippen LogP contribution in [-0.2, 0) is 14.2 Å². The quantitative estimate of drug-likeness (QED) is 0.255. The average Bonchev–Trinajstić information content (AvgIpc) is 3.28. The summed E-state index contributed by atoms with van der Waals surface area (Å²) in [4.78, 5) is 23.1. The molecule has 1 fully saturated rings. The molecule has 0 bridgehead atoms. The lowest BCUT2D eigenvalue weighted by molar-refractivity contribution is -0.138. The van der Waals surface area contributed by atoms with Gasteiger partial charge in [0.05, 0.1) is 28.2 Å². The van der Waals surface area contributed by atoms with Gasteiger partial charge in [-0.3, -0.25) is 4.79 Å². The van der Waals surface area contributed by atoms with E-state index in [0.717, 1.165) is 36.6 Å². The summed E-state index contributed by atoms with van der Waals surface area (Å²) in [5, 5.41) is 7.00. The minimum absolute atomic E-state index is 0.0209. The van der Waals surface area contributed by atoms with Crippen LogP contribution in [0, 0.1) is 12.7 Å². The summed E-state index contributed by atoms with van der Waals surface area (Å²) in [5.74, 6) is 0.382. The van der Waals surface area contributed by atoms with Crippen LogP contribution in [0.5, 0.6) is 5.75 Å². The molecule has 11 heteroatoms. The largest absolute Gasteiger partial charge is 0.488 e. The molecule has 2 N–H and O–H groups in total. The van der Waals surface area contributed by atoms with E-state index in [1.165, 1.54) is 29.8 Å². The minimum Gasteiger partial charge on any atom is -0.488 e. The summed E-state index contributed by atoms with van der Waals surface area (Å²) in [6, 6.07) is 4.41. The number of carbonyl (C=O) groups excluding carboxylic acids is 1. The van der Waals surface area contributed by atoms with Crippen LogP contribution < -0.4 is 15.4 Å². The van der Waals surface area contributed by atoms with Gasteiger partial charge in [-0.1, -0.05) is 0 Å². The van der Waals surface area contributed by atoms with Gasteiger partial charge in [-0.15, -0.1) is 11.3 Å². The number of halogens is 1. The van der Waals surface area contributed by atoms with Gasteiger partial charge in [-0.2, -0.15) is 0 Å².